The highest BCUT2D eigenvalue weighted by Gasteiger charge is 2.24. The predicted molar refractivity (Wildman–Crippen MR) is 126 cm³/mol. The van der Waals surface area contributed by atoms with Gasteiger partial charge in [-0.05, 0) is 55.3 Å². The van der Waals surface area contributed by atoms with Crippen molar-refractivity contribution in [3.8, 4) is 5.75 Å². The third kappa shape index (κ3) is 5.68. The van der Waals surface area contributed by atoms with Crippen LogP contribution in [0.5, 0.6) is 5.75 Å². The lowest BCUT2D eigenvalue weighted by Crippen LogP contribution is -2.32. The van der Waals surface area contributed by atoms with Crippen molar-refractivity contribution < 1.29 is 17.9 Å². The largest absolute Gasteiger partial charge is 0.495 e. The lowest BCUT2D eigenvalue weighted by atomic mass is 9.98. The van der Waals surface area contributed by atoms with Crippen LogP contribution in [0.2, 0.25) is 5.02 Å². The van der Waals surface area contributed by atoms with Crippen LogP contribution in [0, 0.1) is 0 Å². The van der Waals surface area contributed by atoms with E-state index < -0.39 is 22.0 Å². The summed E-state index contributed by atoms with van der Waals surface area (Å²) in [5.41, 5.74) is 1.92. The molecule has 1 unspecified atom stereocenters. The summed E-state index contributed by atoms with van der Waals surface area (Å²) in [5.74, 6) is -0.260. The Hall–Kier alpha value is -2.87. The third-order valence-corrected chi connectivity index (χ3v) is 6.65. The number of rotatable bonds is 8. The van der Waals surface area contributed by atoms with E-state index in [2.05, 4.69) is 10.0 Å². The molecule has 0 heterocycles. The smallest absolute Gasteiger partial charge is 0.252 e. The quantitative estimate of drug-likeness (QED) is 0.503. The Labute approximate surface area is 193 Å². The number of nitrogens with one attached hydrogen (secondary N) is 2. The zero-order valence-electron chi connectivity index (χ0n) is 18.0. The van der Waals surface area contributed by atoms with E-state index >= 15 is 0 Å². The van der Waals surface area contributed by atoms with Crippen molar-refractivity contribution in [2.24, 2.45) is 0 Å². The van der Waals surface area contributed by atoms with E-state index in [1.165, 1.54) is 25.3 Å². The second-order valence-corrected chi connectivity index (χ2v) is 9.63. The van der Waals surface area contributed by atoms with Crippen molar-refractivity contribution in [1.29, 1.82) is 0 Å². The molecule has 1 atom stereocenters. The first-order chi connectivity index (χ1) is 15.2. The number of benzene rings is 3. The molecule has 0 spiro atoms. The van der Waals surface area contributed by atoms with Gasteiger partial charge in [0.2, 0.25) is 10.0 Å². The van der Waals surface area contributed by atoms with Crippen LogP contribution >= 0.6 is 11.6 Å². The Bertz CT molecular complexity index is 1180. The minimum atomic E-state index is -3.87. The molecule has 0 radical (unpaired) electrons. The maximum absolute atomic E-state index is 13.2. The molecule has 0 saturated heterocycles. The topological polar surface area (TPSA) is 84.5 Å². The molecule has 0 aliphatic carbocycles. The number of amides is 1. The van der Waals surface area contributed by atoms with Crippen LogP contribution in [0.25, 0.3) is 0 Å². The molecule has 0 fully saturated rings. The lowest BCUT2D eigenvalue weighted by Gasteiger charge is -2.21. The second-order valence-electron chi connectivity index (χ2n) is 7.51. The molecule has 0 aliphatic rings. The van der Waals surface area contributed by atoms with E-state index in [0.717, 1.165) is 11.1 Å². The molecule has 32 heavy (non-hydrogen) atoms. The molecule has 0 saturated carbocycles. The number of carbonyl (C=O) groups is 1. The van der Waals surface area contributed by atoms with E-state index in [4.69, 9.17) is 16.3 Å². The van der Waals surface area contributed by atoms with Gasteiger partial charge >= 0.3 is 0 Å². The summed E-state index contributed by atoms with van der Waals surface area (Å²) in [7, 11) is -2.48. The average Bonchev–Trinajstić information content (AvgIpc) is 2.77. The molecule has 2 N–H and O–H groups in total. The van der Waals surface area contributed by atoms with Crippen molar-refractivity contribution >= 4 is 27.5 Å². The van der Waals surface area contributed by atoms with Gasteiger partial charge in [-0.2, -0.15) is 0 Å². The third-order valence-electron chi connectivity index (χ3n) is 4.72. The maximum Gasteiger partial charge on any atom is 0.252 e. The number of methoxy groups -OCH3 is 1. The SMILES string of the molecule is COc1ccc(C(=O)NC(c2ccccc2)c2ccc(Cl)cc2)cc1S(=O)(=O)NC(C)C. The van der Waals surface area contributed by atoms with Gasteiger partial charge in [0.25, 0.3) is 5.91 Å². The molecule has 6 nitrogen and oxygen atoms in total. The van der Waals surface area contributed by atoms with Gasteiger partial charge < -0.3 is 10.1 Å². The Kier molecular flexibility index (Phi) is 7.56. The Morgan fingerprint density at radius 1 is 0.938 bits per heavy atom. The van der Waals surface area contributed by atoms with Crippen molar-refractivity contribution in [2.75, 3.05) is 7.11 Å². The van der Waals surface area contributed by atoms with E-state index in [9.17, 15) is 13.2 Å². The van der Waals surface area contributed by atoms with Gasteiger partial charge in [-0.15, -0.1) is 0 Å². The van der Waals surface area contributed by atoms with Gasteiger partial charge in [0, 0.05) is 16.6 Å². The Balaban J connectivity index is 1.98. The number of hydrogen-bond donors (Lipinski definition) is 2. The summed E-state index contributed by atoms with van der Waals surface area (Å²) >= 11 is 6.03. The van der Waals surface area contributed by atoms with Gasteiger partial charge in [0.15, 0.2) is 0 Å². The van der Waals surface area contributed by atoms with Crippen LogP contribution in [-0.4, -0.2) is 27.5 Å². The van der Waals surface area contributed by atoms with E-state index in [1.54, 1.807) is 26.0 Å². The van der Waals surface area contributed by atoms with Crippen molar-refractivity contribution in [2.45, 2.75) is 30.8 Å². The zero-order chi connectivity index (χ0) is 23.3. The number of sulfonamides is 1. The zero-order valence-corrected chi connectivity index (χ0v) is 19.6. The fourth-order valence-electron chi connectivity index (χ4n) is 3.28. The van der Waals surface area contributed by atoms with Gasteiger partial charge in [-0.3, -0.25) is 4.79 Å². The van der Waals surface area contributed by atoms with Gasteiger partial charge in [-0.25, -0.2) is 13.1 Å². The standard InChI is InChI=1S/C24H25ClN2O4S/c1-16(2)27-32(29,30)22-15-19(11-14-21(22)31-3)24(28)26-23(17-7-5-4-6-8-17)18-9-12-20(25)13-10-18/h4-16,23,27H,1-3H3,(H,26,28). The molecule has 0 bridgehead atoms. The summed E-state index contributed by atoms with van der Waals surface area (Å²) < 4.78 is 33.3. The highest BCUT2D eigenvalue weighted by atomic mass is 35.5. The predicted octanol–water partition coefficient (Wildman–Crippen LogP) is 4.55. The van der Waals surface area contributed by atoms with Crippen molar-refractivity contribution in [1.82, 2.24) is 10.0 Å². The molecular formula is C24H25ClN2O4S. The van der Waals surface area contributed by atoms with E-state index in [-0.39, 0.29) is 22.3 Å². The number of carbonyl (C=O) groups excluding carboxylic acids is 1. The number of halogens is 1. The average molecular weight is 473 g/mol. The highest BCUT2D eigenvalue weighted by Crippen LogP contribution is 2.27. The summed E-state index contributed by atoms with van der Waals surface area (Å²) in [4.78, 5) is 13.1. The fraction of sp³-hybridized carbons (Fsp3) is 0.208. The molecule has 3 aromatic rings. The van der Waals surface area contributed by atoms with Crippen LogP contribution in [0.1, 0.15) is 41.4 Å². The summed E-state index contributed by atoms with van der Waals surface area (Å²) in [6.45, 7) is 3.44. The first kappa shape index (κ1) is 23.8. The van der Waals surface area contributed by atoms with E-state index in [0.29, 0.717) is 5.02 Å². The van der Waals surface area contributed by atoms with Crippen molar-refractivity contribution in [3.63, 3.8) is 0 Å². The molecular weight excluding hydrogens is 448 g/mol. The summed E-state index contributed by atoms with van der Waals surface area (Å²) in [5, 5.41) is 3.60. The fourth-order valence-corrected chi connectivity index (χ4v) is 4.85. The number of hydrogen-bond acceptors (Lipinski definition) is 4. The molecule has 0 aromatic heterocycles. The van der Waals surface area contributed by atoms with Gasteiger partial charge in [0.05, 0.1) is 13.2 Å². The monoisotopic (exact) mass is 472 g/mol. The van der Waals surface area contributed by atoms with Gasteiger partial charge in [0.1, 0.15) is 10.6 Å². The summed E-state index contributed by atoms with van der Waals surface area (Å²) in [6, 6.07) is 20.3. The Morgan fingerprint density at radius 3 is 2.16 bits per heavy atom. The lowest BCUT2D eigenvalue weighted by molar-refractivity contribution is 0.0942. The van der Waals surface area contributed by atoms with Crippen LogP contribution in [0.4, 0.5) is 0 Å². The molecule has 0 aliphatic heterocycles. The van der Waals surface area contributed by atoms with Crippen LogP contribution in [0.15, 0.2) is 77.7 Å². The highest BCUT2D eigenvalue weighted by molar-refractivity contribution is 7.89. The summed E-state index contributed by atoms with van der Waals surface area (Å²) in [6.07, 6.45) is 0. The maximum atomic E-state index is 13.2. The minimum absolute atomic E-state index is 0.0934. The first-order valence-corrected chi connectivity index (χ1v) is 11.9. The van der Waals surface area contributed by atoms with E-state index in [1.807, 2.05) is 42.5 Å². The second kappa shape index (κ2) is 10.2. The van der Waals surface area contributed by atoms with Crippen LogP contribution in [0.3, 0.4) is 0 Å². The molecule has 168 valence electrons. The molecule has 1 amide bonds. The molecule has 3 rings (SSSR count). The normalized spacial score (nSPS) is 12.4. The van der Waals surface area contributed by atoms with Crippen LogP contribution < -0.4 is 14.8 Å². The number of ether oxygens (including phenoxy) is 1. The van der Waals surface area contributed by atoms with Gasteiger partial charge in [-0.1, -0.05) is 54.1 Å². The minimum Gasteiger partial charge on any atom is -0.495 e. The van der Waals surface area contributed by atoms with Crippen LogP contribution in [-0.2, 0) is 10.0 Å². The Morgan fingerprint density at radius 2 is 1.56 bits per heavy atom. The van der Waals surface area contributed by atoms with Crippen molar-refractivity contribution in [3.05, 3.63) is 94.5 Å². The first-order valence-electron chi connectivity index (χ1n) is 10.0. The molecule has 8 heteroatoms. The molecule has 3 aromatic carbocycles.